The average Bonchev–Trinajstić information content (AvgIpc) is 2.65. The summed E-state index contributed by atoms with van der Waals surface area (Å²) in [7, 11) is 0. The van der Waals surface area contributed by atoms with Gasteiger partial charge in [-0.25, -0.2) is 0 Å². The molecule has 166 valence electrons. The molecule has 6 heteroatoms. The maximum atomic E-state index is 12.5. The summed E-state index contributed by atoms with van der Waals surface area (Å²) in [6.07, 6.45) is 6.36. The molecule has 5 rings (SSSR count). The quantitative estimate of drug-likeness (QED) is 0.587. The molecule has 6 nitrogen and oxygen atoms in total. The second-order valence-electron chi connectivity index (χ2n) is 11.2. The molecule has 5 aliphatic rings. The summed E-state index contributed by atoms with van der Waals surface area (Å²) >= 11 is 0. The molecular formula is C24H34O6. The Kier molecular flexibility index (Phi) is 4.68. The van der Waals surface area contributed by atoms with Gasteiger partial charge >= 0.3 is 17.9 Å². The van der Waals surface area contributed by atoms with Gasteiger partial charge in [0.05, 0.1) is 17.3 Å². The largest absolute Gasteiger partial charge is 0.481 e. The molecule has 8 atom stereocenters. The molecule has 0 radical (unpaired) electrons. The van der Waals surface area contributed by atoms with Gasteiger partial charge in [0.15, 0.2) is 0 Å². The van der Waals surface area contributed by atoms with E-state index in [1.165, 1.54) is 0 Å². The van der Waals surface area contributed by atoms with Crippen LogP contribution < -0.4 is 0 Å². The molecule has 3 fully saturated rings. The van der Waals surface area contributed by atoms with Crippen LogP contribution in [0, 0.1) is 51.8 Å². The van der Waals surface area contributed by atoms with E-state index in [9.17, 15) is 29.7 Å². The van der Waals surface area contributed by atoms with Gasteiger partial charge in [-0.05, 0) is 68.1 Å². The predicted molar refractivity (Wildman–Crippen MR) is 110 cm³/mol. The summed E-state index contributed by atoms with van der Waals surface area (Å²) in [5.74, 6) is -4.76. The first-order valence-corrected chi connectivity index (χ1v) is 11.3. The fraction of sp³-hybridized carbons (Fsp3) is 0.792. The summed E-state index contributed by atoms with van der Waals surface area (Å²) < 4.78 is 0. The van der Waals surface area contributed by atoms with E-state index in [0.29, 0.717) is 25.7 Å². The summed E-state index contributed by atoms with van der Waals surface area (Å²) in [5, 5.41) is 30.3. The van der Waals surface area contributed by atoms with Gasteiger partial charge in [-0.2, -0.15) is 0 Å². The van der Waals surface area contributed by atoms with E-state index in [2.05, 4.69) is 26.8 Å². The molecule has 0 heterocycles. The van der Waals surface area contributed by atoms with Gasteiger partial charge in [-0.3, -0.25) is 14.4 Å². The second-order valence-corrected chi connectivity index (χ2v) is 11.2. The Bertz CT molecular complexity index is 830. The van der Waals surface area contributed by atoms with Gasteiger partial charge in [0.25, 0.3) is 0 Å². The highest BCUT2D eigenvalue weighted by Crippen LogP contribution is 2.73. The summed E-state index contributed by atoms with van der Waals surface area (Å²) in [5.41, 5.74) is -0.709. The lowest BCUT2D eigenvalue weighted by molar-refractivity contribution is -0.207. The Labute approximate surface area is 177 Å². The first-order chi connectivity index (χ1) is 13.9. The van der Waals surface area contributed by atoms with E-state index in [-0.39, 0.29) is 29.1 Å². The first-order valence-electron chi connectivity index (χ1n) is 11.3. The van der Waals surface area contributed by atoms with Crippen molar-refractivity contribution >= 4 is 17.9 Å². The van der Waals surface area contributed by atoms with Gasteiger partial charge < -0.3 is 15.3 Å². The van der Waals surface area contributed by atoms with Crippen LogP contribution in [0.25, 0.3) is 0 Å². The van der Waals surface area contributed by atoms with E-state index in [4.69, 9.17) is 0 Å². The van der Waals surface area contributed by atoms with Gasteiger partial charge in [0.2, 0.25) is 0 Å². The number of carboxylic acids is 3. The number of allylic oxidation sites excluding steroid dienone is 2. The zero-order valence-electron chi connectivity index (χ0n) is 18.4. The van der Waals surface area contributed by atoms with Crippen molar-refractivity contribution < 1.29 is 29.7 Å². The zero-order valence-corrected chi connectivity index (χ0v) is 18.4. The van der Waals surface area contributed by atoms with Crippen LogP contribution >= 0.6 is 0 Å². The zero-order chi connectivity index (χ0) is 22.2. The van der Waals surface area contributed by atoms with Gasteiger partial charge in [-0.1, -0.05) is 38.8 Å². The van der Waals surface area contributed by atoms with Crippen molar-refractivity contribution in [1.82, 2.24) is 0 Å². The van der Waals surface area contributed by atoms with Crippen molar-refractivity contribution in [1.29, 1.82) is 0 Å². The highest BCUT2D eigenvalue weighted by atomic mass is 16.4. The molecule has 0 aromatic rings. The highest BCUT2D eigenvalue weighted by molar-refractivity contribution is 5.83. The predicted octanol–water partition coefficient (Wildman–Crippen LogP) is 4.30. The molecule has 3 N–H and O–H groups in total. The number of hydrogen-bond acceptors (Lipinski definition) is 3. The third kappa shape index (κ3) is 2.51. The van der Waals surface area contributed by atoms with E-state index in [1.807, 2.05) is 6.92 Å². The van der Waals surface area contributed by atoms with Crippen LogP contribution in [-0.4, -0.2) is 33.2 Å². The van der Waals surface area contributed by atoms with Crippen molar-refractivity contribution in [2.24, 2.45) is 51.8 Å². The van der Waals surface area contributed by atoms with Crippen LogP contribution in [-0.2, 0) is 14.4 Å². The van der Waals surface area contributed by atoms with Crippen LogP contribution in [0.15, 0.2) is 11.6 Å². The molecule has 0 aromatic carbocycles. The molecule has 1 spiro atoms. The Morgan fingerprint density at radius 2 is 1.67 bits per heavy atom. The van der Waals surface area contributed by atoms with Crippen LogP contribution in [0.1, 0.15) is 66.2 Å². The Morgan fingerprint density at radius 3 is 2.20 bits per heavy atom. The lowest BCUT2D eigenvalue weighted by atomic mass is 9.34. The van der Waals surface area contributed by atoms with Gasteiger partial charge in [0, 0.05) is 5.41 Å². The minimum atomic E-state index is -1.02. The average molecular weight is 419 g/mol. The van der Waals surface area contributed by atoms with E-state index in [1.54, 1.807) is 0 Å². The van der Waals surface area contributed by atoms with Crippen LogP contribution in [0.4, 0.5) is 0 Å². The maximum Gasteiger partial charge on any atom is 0.309 e. The molecule has 0 aromatic heterocycles. The number of fused-ring (bicyclic) bond motifs is 2. The summed E-state index contributed by atoms with van der Waals surface area (Å²) in [4.78, 5) is 37.0. The SMILES string of the molecule is CC(C)C1=C[C@]23CC[C@@H]4[C@](C)(CCC[C@]4(C)C(=O)O)[C@H]2C[C@H]1[C@@H](C(=O)O)[C@@H]3C(=O)O. The van der Waals surface area contributed by atoms with E-state index < -0.39 is 40.6 Å². The first kappa shape index (κ1) is 21.4. The van der Waals surface area contributed by atoms with Crippen LogP contribution in [0.2, 0.25) is 0 Å². The van der Waals surface area contributed by atoms with E-state index >= 15 is 0 Å². The molecular weight excluding hydrogens is 384 g/mol. The second kappa shape index (κ2) is 6.57. The lowest BCUT2D eigenvalue weighted by Crippen LogP contribution is -2.66. The maximum absolute atomic E-state index is 12.5. The molecule has 0 aliphatic heterocycles. The van der Waals surface area contributed by atoms with Gasteiger partial charge in [-0.15, -0.1) is 0 Å². The lowest BCUT2D eigenvalue weighted by Gasteiger charge is -2.68. The number of rotatable bonds is 4. The summed E-state index contributed by atoms with van der Waals surface area (Å²) in [6.45, 7) is 8.15. The molecule has 2 bridgehead atoms. The molecule has 0 unspecified atom stereocenters. The topological polar surface area (TPSA) is 112 Å². The van der Waals surface area contributed by atoms with Crippen LogP contribution in [0.3, 0.4) is 0 Å². The highest BCUT2D eigenvalue weighted by Gasteiger charge is 2.71. The van der Waals surface area contributed by atoms with Crippen LogP contribution in [0.5, 0.6) is 0 Å². The van der Waals surface area contributed by atoms with Crippen molar-refractivity contribution in [3.8, 4) is 0 Å². The monoisotopic (exact) mass is 418 g/mol. The molecule has 3 saturated carbocycles. The third-order valence-electron chi connectivity index (χ3n) is 9.72. The van der Waals surface area contributed by atoms with Crippen molar-refractivity contribution in [2.75, 3.05) is 0 Å². The molecule has 0 saturated heterocycles. The minimum absolute atomic E-state index is 0.00641. The molecule has 0 amide bonds. The Balaban J connectivity index is 1.89. The van der Waals surface area contributed by atoms with Gasteiger partial charge in [0.1, 0.15) is 0 Å². The number of carboxylic acid groups (broad SMARTS) is 3. The summed E-state index contributed by atoms with van der Waals surface area (Å²) in [6, 6.07) is 0. The number of hydrogen-bond donors (Lipinski definition) is 3. The van der Waals surface area contributed by atoms with Crippen molar-refractivity contribution in [3.05, 3.63) is 11.6 Å². The fourth-order valence-corrected chi connectivity index (χ4v) is 8.56. The molecule has 30 heavy (non-hydrogen) atoms. The fourth-order valence-electron chi connectivity index (χ4n) is 8.56. The number of carbonyl (C=O) groups is 3. The minimum Gasteiger partial charge on any atom is -0.481 e. The Hall–Kier alpha value is -1.85. The normalized spacial score (nSPS) is 47.2. The number of aliphatic carboxylic acids is 3. The van der Waals surface area contributed by atoms with Crippen molar-refractivity contribution in [2.45, 2.75) is 66.2 Å². The third-order valence-corrected chi connectivity index (χ3v) is 9.72. The van der Waals surface area contributed by atoms with Crippen molar-refractivity contribution in [3.63, 3.8) is 0 Å². The van der Waals surface area contributed by atoms with E-state index in [0.717, 1.165) is 18.4 Å². The standard InChI is InChI=1S/C24H34O6/c1-12(2)14-11-24-9-6-15-22(3,7-5-8-23(15,4)21(29)30)16(24)10-13(14)17(19(25)26)18(24)20(27)28/h11-13,15-18H,5-10H2,1-4H3,(H,25,26)(H,27,28)(H,29,30)/t13-,15-,16-,17-,18-,22+,23+,24-/m1/s1. The Morgan fingerprint density at radius 1 is 1.00 bits per heavy atom. The molecule has 5 aliphatic carbocycles. The smallest absolute Gasteiger partial charge is 0.309 e.